The smallest absolute Gasteiger partial charge is 0.323 e. The molecule has 1 saturated heterocycles. The van der Waals surface area contributed by atoms with Crippen LogP contribution in [0.5, 0.6) is 0 Å². The van der Waals surface area contributed by atoms with Crippen LogP contribution in [0.1, 0.15) is 65.7 Å². The second-order valence-electron chi connectivity index (χ2n) is 7.52. The molecule has 0 radical (unpaired) electrons. The molecule has 150 valence electrons. The minimum absolute atomic E-state index is 0.0214. The molecular weight excluding hydrogens is 336 g/mol. The van der Waals surface area contributed by atoms with Crippen molar-refractivity contribution in [1.29, 1.82) is 0 Å². The van der Waals surface area contributed by atoms with E-state index in [1.165, 1.54) is 6.42 Å². The molecule has 0 aromatic carbocycles. The molecule has 5 atom stereocenters. The molecule has 2 unspecified atom stereocenters. The number of hydrogen-bond donors (Lipinski definition) is 2. The van der Waals surface area contributed by atoms with E-state index in [-0.39, 0.29) is 30.6 Å². The maximum atomic E-state index is 13.2. The van der Waals surface area contributed by atoms with Gasteiger partial charge < -0.3 is 9.64 Å². The van der Waals surface area contributed by atoms with Crippen LogP contribution in [0.25, 0.3) is 0 Å². The second-order valence-corrected chi connectivity index (χ2v) is 7.52. The van der Waals surface area contributed by atoms with Gasteiger partial charge in [-0.3, -0.25) is 20.2 Å². The largest absolute Gasteiger partial charge is 0.465 e. The molecule has 2 aliphatic rings. The SMILES string of the molecule is CCC[C@H](N[C@@H](C)C(=O)N1C2CCCCC2C[C@H]1COO)C(=O)OCC. The Labute approximate surface area is 156 Å². The van der Waals surface area contributed by atoms with E-state index in [0.29, 0.717) is 18.9 Å². The Morgan fingerprint density at radius 1 is 1.27 bits per heavy atom. The van der Waals surface area contributed by atoms with E-state index >= 15 is 0 Å². The van der Waals surface area contributed by atoms with E-state index in [9.17, 15) is 9.59 Å². The Balaban J connectivity index is 2.06. The van der Waals surface area contributed by atoms with Crippen LogP contribution in [0.3, 0.4) is 0 Å². The second kappa shape index (κ2) is 10.2. The zero-order valence-electron chi connectivity index (χ0n) is 16.3. The first-order chi connectivity index (χ1) is 12.5. The van der Waals surface area contributed by atoms with Gasteiger partial charge in [0.1, 0.15) is 12.6 Å². The number of nitrogens with zero attached hydrogens (tertiary/aromatic N) is 1. The van der Waals surface area contributed by atoms with Gasteiger partial charge in [0.25, 0.3) is 0 Å². The predicted molar refractivity (Wildman–Crippen MR) is 97.5 cm³/mol. The number of hydrogen-bond acceptors (Lipinski definition) is 6. The Kier molecular flexibility index (Phi) is 8.31. The molecule has 2 rings (SSSR count). The van der Waals surface area contributed by atoms with Gasteiger partial charge in [0.05, 0.1) is 18.7 Å². The summed E-state index contributed by atoms with van der Waals surface area (Å²) in [6.07, 6.45) is 6.78. The number of rotatable bonds is 9. The normalized spacial score (nSPS) is 27.7. The van der Waals surface area contributed by atoms with Gasteiger partial charge in [0.2, 0.25) is 5.91 Å². The monoisotopic (exact) mass is 370 g/mol. The van der Waals surface area contributed by atoms with Crippen LogP contribution in [-0.2, 0) is 19.2 Å². The third-order valence-electron chi connectivity index (χ3n) is 5.69. The van der Waals surface area contributed by atoms with Crippen molar-refractivity contribution < 1.29 is 24.5 Å². The van der Waals surface area contributed by atoms with E-state index in [2.05, 4.69) is 10.2 Å². The number of carbonyl (C=O) groups excluding carboxylic acids is 2. The zero-order valence-corrected chi connectivity index (χ0v) is 16.3. The highest BCUT2D eigenvalue weighted by Gasteiger charge is 2.45. The number of amides is 1. The van der Waals surface area contributed by atoms with Crippen LogP contribution in [0.4, 0.5) is 0 Å². The quantitative estimate of drug-likeness (QED) is 0.368. The van der Waals surface area contributed by atoms with Crippen LogP contribution >= 0.6 is 0 Å². The minimum Gasteiger partial charge on any atom is -0.465 e. The van der Waals surface area contributed by atoms with Gasteiger partial charge in [-0.05, 0) is 45.4 Å². The Bertz CT molecular complexity index is 473. The van der Waals surface area contributed by atoms with Crippen LogP contribution in [0.15, 0.2) is 0 Å². The summed E-state index contributed by atoms with van der Waals surface area (Å²) in [5.74, 6) is 0.157. The summed E-state index contributed by atoms with van der Waals surface area (Å²) in [4.78, 5) is 31.6. The molecule has 0 spiro atoms. The summed E-state index contributed by atoms with van der Waals surface area (Å²) in [5.41, 5.74) is 0. The lowest BCUT2D eigenvalue weighted by atomic mass is 9.84. The average Bonchev–Trinajstić information content (AvgIpc) is 2.99. The molecule has 1 amide bonds. The molecule has 2 N–H and O–H groups in total. The summed E-state index contributed by atoms with van der Waals surface area (Å²) in [6, 6.07) is -0.848. The number of nitrogens with one attached hydrogen (secondary N) is 1. The lowest BCUT2D eigenvalue weighted by Crippen LogP contribution is -2.55. The highest BCUT2D eigenvalue weighted by atomic mass is 17.1. The first-order valence-corrected chi connectivity index (χ1v) is 10.0. The highest BCUT2D eigenvalue weighted by Crippen LogP contribution is 2.40. The van der Waals surface area contributed by atoms with Gasteiger partial charge in [-0.2, -0.15) is 0 Å². The van der Waals surface area contributed by atoms with Crippen molar-refractivity contribution in [2.45, 2.75) is 89.9 Å². The van der Waals surface area contributed by atoms with Crippen molar-refractivity contribution in [2.24, 2.45) is 5.92 Å². The fraction of sp³-hybridized carbons (Fsp3) is 0.895. The lowest BCUT2D eigenvalue weighted by molar-refractivity contribution is -0.250. The van der Waals surface area contributed by atoms with Crippen LogP contribution in [-0.4, -0.2) is 59.4 Å². The van der Waals surface area contributed by atoms with Crippen molar-refractivity contribution >= 4 is 11.9 Å². The molecule has 7 heteroatoms. The molecule has 1 aliphatic carbocycles. The Morgan fingerprint density at radius 3 is 2.65 bits per heavy atom. The summed E-state index contributed by atoms with van der Waals surface area (Å²) < 4.78 is 5.13. The van der Waals surface area contributed by atoms with Crippen molar-refractivity contribution in [3.05, 3.63) is 0 Å². The summed E-state index contributed by atoms with van der Waals surface area (Å²) in [6.45, 7) is 6.05. The van der Waals surface area contributed by atoms with Crippen molar-refractivity contribution in [3.8, 4) is 0 Å². The van der Waals surface area contributed by atoms with Crippen molar-refractivity contribution in [2.75, 3.05) is 13.2 Å². The summed E-state index contributed by atoms with van der Waals surface area (Å²) in [7, 11) is 0. The summed E-state index contributed by atoms with van der Waals surface area (Å²) in [5, 5.41) is 12.1. The Morgan fingerprint density at radius 2 is 2.00 bits per heavy atom. The van der Waals surface area contributed by atoms with Gasteiger partial charge in [0.15, 0.2) is 0 Å². The van der Waals surface area contributed by atoms with Gasteiger partial charge in [-0.1, -0.05) is 26.2 Å². The minimum atomic E-state index is -0.488. The van der Waals surface area contributed by atoms with Crippen molar-refractivity contribution in [1.82, 2.24) is 10.2 Å². The molecule has 0 bridgehead atoms. The Hall–Kier alpha value is -1.18. The van der Waals surface area contributed by atoms with Gasteiger partial charge in [-0.25, -0.2) is 4.89 Å². The molecule has 1 aliphatic heterocycles. The van der Waals surface area contributed by atoms with E-state index in [1.54, 1.807) is 13.8 Å². The molecule has 1 heterocycles. The van der Waals surface area contributed by atoms with Crippen molar-refractivity contribution in [3.63, 3.8) is 0 Å². The zero-order chi connectivity index (χ0) is 19.1. The predicted octanol–water partition coefficient (Wildman–Crippen LogP) is 2.35. The molecular formula is C19H34N2O5. The third kappa shape index (κ3) is 4.96. The van der Waals surface area contributed by atoms with Gasteiger partial charge in [0, 0.05) is 6.04 Å². The third-order valence-corrected chi connectivity index (χ3v) is 5.69. The maximum Gasteiger partial charge on any atom is 0.323 e. The fourth-order valence-corrected chi connectivity index (χ4v) is 4.54. The number of likely N-dealkylation sites (tertiary alicyclic amines) is 1. The maximum absolute atomic E-state index is 13.2. The van der Waals surface area contributed by atoms with Crippen LogP contribution in [0.2, 0.25) is 0 Å². The topological polar surface area (TPSA) is 88.1 Å². The lowest BCUT2D eigenvalue weighted by Gasteiger charge is -2.36. The van der Waals surface area contributed by atoms with Crippen LogP contribution in [0, 0.1) is 5.92 Å². The summed E-state index contributed by atoms with van der Waals surface area (Å²) >= 11 is 0. The number of esters is 1. The fourth-order valence-electron chi connectivity index (χ4n) is 4.54. The van der Waals surface area contributed by atoms with E-state index in [4.69, 9.17) is 9.99 Å². The first-order valence-electron chi connectivity index (χ1n) is 10.0. The van der Waals surface area contributed by atoms with Gasteiger partial charge >= 0.3 is 5.97 Å². The molecule has 0 aromatic heterocycles. The number of ether oxygens (including phenoxy) is 1. The molecule has 1 saturated carbocycles. The standard InChI is InChI=1S/C19H34N2O5/c1-4-8-16(19(23)25-5-2)20-13(3)18(22)21-15(12-26-24)11-14-9-6-7-10-17(14)21/h13-17,20,24H,4-12H2,1-3H3/t13-,14?,15-,16-,17?/m0/s1. The molecule has 2 fully saturated rings. The first kappa shape index (κ1) is 21.1. The number of fused-ring (bicyclic) bond motifs is 1. The average molecular weight is 370 g/mol. The van der Waals surface area contributed by atoms with E-state index < -0.39 is 12.1 Å². The highest BCUT2D eigenvalue weighted by molar-refractivity contribution is 5.84. The molecule has 26 heavy (non-hydrogen) atoms. The van der Waals surface area contributed by atoms with E-state index in [1.807, 2.05) is 11.8 Å². The van der Waals surface area contributed by atoms with Crippen LogP contribution < -0.4 is 5.32 Å². The van der Waals surface area contributed by atoms with Gasteiger partial charge in [-0.15, -0.1) is 0 Å². The number of carbonyl (C=O) groups is 2. The molecule has 7 nitrogen and oxygen atoms in total. The molecule has 0 aromatic rings. The van der Waals surface area contributed by atoms with E-state index in [0.717, 1.165) is 32.1 Å².